The Morgan fingerprint density at radius 2 is 1.76 bits per heavy atom. The van der Waals surface area contributed by atoms with Crippen LogP contribution in [0.5, 0.6) is 11.5 Å². The maximum atomic E-state index is 12.6. The molecular weight excluding hydrogens is 390 g/mol. The summed E-state index contributed by atoms with van der Waals surface area (Å²) in [7, 11) is 4.82. The molecule has 0 fully saturated rings. The Kier molecular flexibility index (Phi) is 8.35. The third-order valence-electron chi connectivity index (χ3n) is 4.47. The average Bonchev–Trinajstić information content (AvgIpc) is 2.73. The summed E-state index contributed by atoms with van der Waals surface area (Å²) in [6.07, 6.45) is 1.96. The van der Waals surface area contributed by atoms with Crippen molar-refractivity contribution in [2.45, 2.75) is 17.9 Å². The van der Waals surface area contributed by atoms with Crippen molar-refractivity contribution in [2.75, 3.05) is 44.7 Å². The molecule has 0 aliphatic heterocycles. The van der Waals surface area contributed by atoms with Gasteiger partial charge in [-0.25, -0.2) is 0 Å². The number of anilines is 2. The summed E-state index contributed by atoms with van der Waals surface area (Å²) < 4.78 is 10.5. The molecule has 0 saturated heterocycles. The molecule has 29 heavy (non-hydrogen) atoms. The predicted octanol–water partition coefficient (Wildman–Crippen LogP) is 3.32. The Hall–Kier alpha value is -2.71. The number of hydrogen-bond acceptors (Lipinski definition) is 6. The first kappa shape index (κ1) is 22.6. The number of methoxy groups -OCH3 is 2. The van der Waals surface area contributed by atoms with Crippen molar-refractivity contribution in [3.63, 3.8) is 0 Å². The highest BCUT2D eigenvalue weighted by Gasteiger charge is 2.21. The van der Waals surface area contributed by atoms with Crippen molar-refractivity contribution < 1.29 is 19.1 Å². The highest BCUT2D eigenvalue weighted by molar-refractivity contribution is 7.98. The van der Waals surface area contributed by atoms with Crippen LogP contribution in [0.1, 0.15) is 6.92 Å². The van der Waals surface area contributed by atoms with Crippen LogP contribution in [0.15, 0.2) is 47.4 Å². The summed E-state index contributed by atoms with van der Waals surface area (Å²) in [6, 6.07) is 12.2. The number of thioether (sulfide) groups is 1. The zero-order chi connectivity index (χ0) is 21.4. The lowest BCUT2D eigenvalue weighted by atomic mass is 10.2. The molecular formula is C21H27N3O4S. The second kappa shape index (κ2) is 10.7. The molecule has 0 aliphatic rings. The molecule has 2 rings (SSSR count). The summed E-state index contributed by atoms with van der Waals surface area (Å²) in [5, 5.41) is 5.74. The summed E-state index contributed by atoms with van der Waals surface area (Å²) in [5.74, 6) is 0.702. The molecule has 1 atom stereocenters. The van der Waals surface area contributed by atoms with Crippen LogP contribution in [0.3, 0.4) is 0 Å². The number of ether oxygens (including phenoxy) is 2. The van der Waals surface area contributed by atoms with E-state index in [0.717, 1.165) is 10.6 Å². The third-order valence-corrected chi connectivity index (χ3v) is 5.26. The average molecular weight is 418 g/mol. The van der Waals surface area contributed by atoms with Crippen LogP contribution < -0.4 is 20.1 Å². The molecule has 0 bridgehead atoms. The lowest BCUT2D eigenvalue weighted by Crippen LogP contribution is -2.43. The van der Waals surface area contributed by atoms with Gasteiger partial charge in [0.2, 0.25) is 11.8 Å². The van der Waals surface area contributed by atoms with Crippen molar-refractivity contribution >= 4 is 35.0 Å². The van der Waals surface area contributed by atoms with Crippen LogP contribution in [0, 0.1) is 0 Å². The molecule has 8 heteroatoms. The van der Waals surface area contributed by atoms with Crippen LogP contribution >= 0.6 is 11.8 Å². The Labute approximate surface area is 175 Å². The van der Waals surface area contributed by atoms with E-state index in [4.69, 9.17) is 9.47 Å². The number of nitrogens with one attached hydrogen (secondary N) is 2. The van der Waals surface area contributed by atoms with Crippen LogP contribution in [-0.2, 0) is 9.59 Å². The minimum Gasteiger partial charge on any atom is -0.493 e. The minimum absolute atomic E-state index is 0.0865. The lowest BCUT2D eigenvalue weighted by molar-refractivity contribution is -0.122. The fraction of sp³-hybridized carbons (Fsp3) is 0.333. The number of rotatable bonds is 9. The van der Waals surface area contributed by atoms with E-state index in [2.05, 4.69) is 10.6 Å². The van der Waals surface area contributed by atoms with E-state index < -0.39 is 6.04 Å². The van der Waals surface area contributed by atoms with E-state index in [0.29, 0.717) is 17.2 Å². The van der Waals surface area contributed by atoms with E-state index in [1.165, 1.54) is 7.11 Å². The highest BCUT2D eigenvalue weighted by Crippen LogP contribution is 2.30. The maximum absolute atomic E-state index is 12.6. The molecule has 0 spiro atoms. The van der Waals surface area contributed by atoms with Gasteiger partial charge in [-0.3, -0.25) is 14.5 Å². The van der Waals surface area contributed by atoms with Gasteiger partial charge in [0.05, 0.1) is 32.5 Å². The second-order valence-corrected chi connectivity index (χ2v) is 7.25. The smallest absolute Gasteiger partial charge is 0.241 e. The number of amides is 2. The first-order valence-corrected chi connectivity index (χ1v) is 10.3. The van der Waals surface area contributed by atoms with Crippen LogP contribution in [-0.4, -0.2) is 56.8 Å². The Bertz CT molecular complexity index is 860. The van der Waals surface area contributed by atoms with Gasteiger partial charge in [-0.15, -0.1) is 11.8 Å². The largest absolute Gasteiger partial charge is 0.493 e. The molecule has 0 aliphatic carbocycles. The van der Waals surface area contributed by atoms with Gasteiger partial charge in [0.15, 0.2) is 11.5 Å². The van der Waals surface area contributed by atoms with Crippen LogP contribution in [0.4, 0.5) is 11.4 Å². The highest BCUT2D eigenvalue weighted by atomic mass is 32.2. The number of carbonyl (C=O) groups is 2. The number of carbonyl (C=O) groups excluding carboxylic acids is 2. The van der Waals surface area contributed by atoms with Crippen molar-refractivity contribution in [3.05, 3.63) is 42.5 Å². The molecule has 7 nitrogen and oxygen atoms in total. The van der Waals surface area contributed by atoms with Crippen molar-refractivity contribution in [1.29, 1.82) is 0 Å². The van der Waals surface area contributed by atoms with E-state index in [-0.39, 0.29) is 18.4 Å². The van der Waals surface area contributed by atoms with Gasteiger partial charge in [-0.05, 0) is 44.5 Å². The van der Waals surface area contributed by atoms with Crippen molar-refractivity contribution in [2.24, 2.45) is 0 Å². The van der Waals surface area contributed by atoms with E-state index in [9.17, 15) is 9.59 Å². The fourth-order valence-electron chi connectivity index (χ4n) is 2.66. The van der Waals surface area contributed by atoms with E-state index in [1.807, 2.05) is 30.5 Å². The number of nitrogens with zero attached hydrogens (tertiary/aromatic N) is 1. The molecule has 2 aromatic carbocycles. The Balaban J connectivity index is 1.95. The van der Waals surface area contributed by atoms with Gasteiger partial charge in [-0.2, -0.15) is 0 Å². The van der Waals surface area contributed by atoms with Gasteiger partial charge >= 0.3 is 0 Å². The molecule has 2 amide bonds. The summed E-state index contributed by atoms with van der Waals surface area (Å²) >= 11 is 1.56. The number of likely N-dealkylation sites (N-methyl/N-ethyl adjacent to an activating group) is 1. The first-order valence-electron chi connectivity index (χ1n) is 9.05. The molecule has 1 unspecified atom stereocenters. The minimum atomic E-state index is -0.510. The first-order chi connectivity index (χ1) is 13.9. The molecule has 0 saturated carbocycles. The lowest BCUT2D eigenvalue weighted by Gasteiger charge is -2.23. The van der Waals surface area contributed by atoms with Crippen molar-refractivity contribution in [3.8, 4) is 11.5 Å². The standard InChI is InChI=1S/C21H27N3O4S/c1-14(21(26)22-15-10-11-17(27-3)18(12-15)28-4)24(2)13-20(25)23-16-8-6-7-9-19(16)29-5/h6-12,14H,13H2,1-5H3,(H,22,26)(H,23,25). The van der Waals surface area contributed by atoms with E-state index in [1.54, 1.807) is 55.9 Å². The van der Waals surface area contributed by atoms with Crippen molar-refractivity contribution in [1.82, 2.24) is 4.90 Å². The topological polar surface area (TPSA) is 79.9 Å². The van der Waals surface area contributed by atoms with Gasteiger partial charge in [-0.1, -0.05) is 12.1 Å². The fourth-order valence-corrected chi connectivity index (χ4v) is 3.22. The molecule has 0 radical (unpaired) electrons. The SMILES string of the molecule is COc1ccc(NC(=O)C(C)N(C)CC(=O)Nc2ccccc2SC)cc1OC. The summed E-state index contributed by atoms with van der Waals surface area (Å²) in [4.78, 5) is 27.7. The van der Waals surface area contributed by atoms with Gasteiger partial charge in [0.1, 0.15) is 0 Å². The summed E-state index contributed by atoms with van der Waals surface area (Å²) in [5.41, 5.74) is 1.35. The summed E-state index contributed by atoms with van der Waals surface area (Å²) in [6.45, 7) is 1.84. The monoisotopic (exact) mass is 417 g/mol. The molecule has 0 aromatic heterocycles. The number of para-hydroxylation sites is 1. The number of benzene rings is 2. The zero-order valence-corrected chi connectivity index (χ0v) is 18.1. The molecule has 0 heterocycles. The number of hydrogen-bond donors (Lipinski definition) is 2. The third kappa shape index (κ3) is 6.13. The van der Waals surface area contributed by atoms with E-state index >= 15 is 0 Å². The molecule has 156 valence electrons. The van der Waals surface area contributed by atoms with Crippen LogP contribution in [0.2, 0.25) is 0 Å². The molecule has 2 aromatic rings. The zero-order valence-electron chi connectivity index (χ0n) is 17.3. The van der Waals surface area contributed by atoms with Gasteiger partial charge < -0.3 is 20.1 Å². The van der Waals surface area contributed by atoms with Crippen LogP contribution in [0.25, 0.3) is 0 Å². The quantitative estimate of drug-likeness (QED) is 0.610. The van der Waals surface area contributed by atoms with Gasteiger partial charge in [0, 0.05) is 16.6 Å². The van der Waals surface area contributed by atoms with Gasteiger partial charge in [0.25, 0.3) is 0 Å². The Morgan fingerprint density at radius 3 is 2.41 bits per heavy atom. The second-order valence-electron chi connectivity index (χ2n) is 6.40. The Morgan fingerprint density at radius 1 is 1.07 bits per heavy atom. The predicted molar refractivity (Wildman–Crippen MR) is 117 cm³/mol. The normalized spacial score (nSPS) is 11.7. The molecule has 2 N–H and O–H groups in total. The maximum Gasteiger partial charge on any atom is 0.241 e.